The molecule has 0 bridgehead atoms. The molecule has 0 aromatic heterocycles. The Labute approximate surface area is 237 Å². The fraction of sp³-hybridized carbons (Fsp3) is 0.944. The van der Waals surface area contributed by atoms with Crippen molar-refractivity contribution in [2.24, 2.45) is 5.92 Å². The van der Waals surface area contributed by atoms with Gasteiger partial charge in [-0.25, -0.2) is 0 Å². The summed E-state index contributed by atoms with van der Waals surface area (Å²) in [7, 11) is 2.33. The number of nitrogens with zero attached hydrogens (tertiary/aromatic N) is 1. The Bertz CT molecular complexity index is 428. The topological polar surface area (TPSA) is 3.24 Å². The number of hydrogen-bond acceptors (Lipinski definition) is 1. The zero-order valence-electron chi connectivity index (χ0n) is 26.7. The van der Waals surface area contributed by atoms with Crippen molar-refractivity contribution in [2.45, 2.75) is 194 Å². The smallest absolute Gasteiger partial charge is 0.00218 e. The Balaban J connectivity index is 3.26. The van der Waals surface area contributed by atoms with Crippen molar-refractivity contribution in [3.05, 3.63) is 12.2 Å². The highest BCUT2D eigenvalue weighted by atomic mass is 15.1. The monoisotopic (exact) mass is 520 g/mol. The Morgan fingerprint density at radius 1 is 0.432 bits per heavy atom. The number of unbranched alkanes of at least 4 members (excludes halogenated alkanes) is 21. The minimum atomic E-state index is 0.955. The van der Waals surface area contributed by atoms with E-state index in [4.69, 9.17) is 0 Å². The van der Waals surface area contributed by atoms with Gasteiger partial charge in [0.1, 0.15) is 0 Å². The van der Waals surface area contributed by atoms with Crippen LogP contribution in [0.1, 0.15) is 194 Å². The Morgan fingerprint density at radius 2 is 0.757 bits per heavy atom. The minimum Gasteiger partial charge on any atom is -0.306 e. The van der Waals surface area contributed by atoms with Crippen molar-refractivity contribution in [1.82, 2.24) is 4.90 Å². The first-order chi connectivity index (χ1) is 18.2. The molecule has 37 heavy (non-hydrogen) atoms. The molecule has 1 heteroatoms. The van der Waals surface area contributed by atoms with Crippen LogP contribution in [-0.4, -0.2) is 25.0 Å². The molecule has 0 rings (SSSR count). The van der Waals surface area contributed by atoms with Crippen molar-refractivity contribution in [3.63, 3.8) is 0 Å². The average molecular weight is 520 g/mol. The van der Waals surface area contributed by atoms with Gasteiger partial charge < -0.3 is 4.90 Å². The van der Waals surface area contributed by atoms with Crippen molar-refractivity contribution in [3.8, 4) is 0 Å². The maximum atomic E-state index is 2.58. The van der Waals surface area contributed by atoms with Crippen LogP contribution >= 0.6 is 0 Å². The van der Waals surface area contributed by atoms with E-state index in [0.29, 0.717) is 0 Å². The molecule has 0 heterocycles. The van der Waals surface area contributed by atoms with Gasteiger partial charge in [0.25, 0.3) is 0 Å². The van der Waals surface area contributed by atoms with Crippen LogP contribution in [-0.2, 0) is 0 Å². The molecule has 0 aliphatic heterocycles. The van der Waals surface area contributed by atoms with E-state index in [1.54, 1.807) is 0 Å². The van der Waals surface area contributed by atoms with E-state index >= 15 is 0 Å². The zero-order chi connectivity index (χ0) is 27.1. The molecule has 0 spiro atoms. The normalized spacial score (nSPS) is 12.8. The largest absolute Gasteiger partial charge is 0.306 e. The lowest BCUT2D eigenvalue weighted by atomic mass is 9.96. The summed E-state index contributed by atoms with van der Waals surface area (Å²) >= 11 is 0. The Morgan fingerprint density at radius 3 is 1.16 bits per heavy atom. The summed E-state index contributed by atoms with van der Waals surface area (Å²) in [5.41, 5.74) is 0. The predicted octanol–water partition coefficient (Wildman–Crippen LogP) is 12.7. The molecular weight excluding hydrogens is 446 g/mol. The molecule has 0 saturated heterocycles. The molecule has 1 nitrogen and oxygen atoms in total. The highest BCUT2D eigenvalue weighted by Gasteiger charge is 2.03. The first kappa shape index (κ1) is 36.7. The lowest BCUT2D eigenvalue weighted by molar-refractivity contribution is 0.314. The van der Waals surface area contributed by atoms with E-state index in [0.717, 1.165) is 5.92 Å². The van der Waals surface area contributed by atoms with E-state index in [1.807, 2.05) is 0 Å². The first-order valence-corrected chi connectivity index (χ1v) is 17.5. The van der Waals surface area contributed by atoms with Gasteiger partial charge in [0.15, 0.2) is 0 Å². The summed E-state index contributed by atoms with van der Waals surface area (Å²) in [5, 5.41) is 0. The van der Waals surface area contributed by atoms with E-state index in [2.05, 4.69) is 44.9 Å². The summed E-state index contributed by atoms with van der Waals surface area (Å²) < 4.78 is 0. The van der Waals surface area contributed by atoms with Gasteiger partial charge in [-0.3, -0.25) is 0 Å². The van der Waals surface area contributed by atoms with E-state index in [1.165, 1.54) is 186 Å². The van der Waals surface area contributed by atoms with Gasteiger partial charge in [0.2, 0.25) is 0 Å². The summed E-state index contributed by atoms with van der Waals surface area (Å²) in [4.78, 5) is 2.58. The van der Waals surface area contributed by atoms with Crippen LogP contribution in [0.5, 0.6) is 0 Å². The third kappa shape index (κ3) is 31.8. The summed E-state index contributed by atoms with van der Waals surface area (Å²) in [6.45, 7) is 9.69. The highest BCUT2D eigenvalue weighted by Crippen LogP contribution is 2.18. The fourth-order valence-electron chi connectivity index (χ4n) is 5.56. The van der Waals surface area contributed by atoms with Crippen molar-refractivity contribution in [2.75, 3.05) is 20.1 Å². The third-order valence-electron chi connectivity index (χ3n) is 8.34. The van der Waals surface area contributed by atoms with E-state index in [-0.39, 0.29) is 0 Å². The molecule has 0 fully saturated rings. The van der Waals surface area contributed by atoms with E-state index in [9.17, 15) is 0 Å². The van der Waals surface area contributed by atoms with Crippen LogP contribution in [0.25, 0.3) is 0 Å². The molecule has 0 aromatic rings. The van der Waals surface area contributed by atoms with Crippen molar-refractivity contribution < 1.29 is 0 Å². The predicted molar refractivity (Wildman–Crippen MR) is 172 cm³/mol. The van der Waals surface area contributed by atoms with E-state index < -0.39 is 0 Å². The molecule has 0 aromatic carbocycles. The second kappa shape index (κ2) is 31.9. The van der Waals surface area contributed by atoms with Gasteiger partial charge in [0.05, 0.1) is 0 Å². The number of rotatable bonds is 31. The van der Waals surface area contributed by atoms with Crippen LogP contribution in [0.2, 0.25) is 0 Å². The maximum absolute atomic E-state index is 2.58. The van der Waals surface area contributed by atoms with Gasteiger partial charge in [-0.2, -0.15) is 0 Å². The summed E-state index contributed by atoms with van der Waals surface area (Å²) in [6, 6.07) is 0. The molecule has 0 amide bonds. The molecule has 0 aliphatic rings. The molecule has 0 aliphatic carbocycles. The van der Waals surface area contributed by atoms with Crippen LogP contribution in [0.4, 0.5) is 0 Å². The quantitative estimate of drug-likeness (QED) is 0.0650. The third-order valence-corrected chi connectivity index (χ3v) is 8.34. The molecule has 1 atom stereocenters. The van der Waals surface area contributed by atoms with Crippen LogP contribution in [0.3, 0.4) is 0 Å². The highest BCUT2D eigenvalue weighted by molar-refractivity contribution is 4.81. The molecular formula is C36H73N. The average Bonchev–Trinajstić information content (AvgIpc) is 2.89. The number of hydrogen-bond donors (Lipinski definition) is 0. The first-order valence-electron chi connectivity index (χ1n) is 17.5. The van der Waals surface area contributed by atoms with Gasteiger partial charge >= 0.3 is 0 Å². The van der Waals surface area contributed by atoms with Crippen molar-refractivity contribution >= 4 is 0 Å². The van der Waals surface area contributed by atoms with Crippen LogP contribution in [0, 0.1) is 5.92 Å². The minimum absolute atomic E-state index is 0.955. The molecule has 222 valence electrons. The lowest BCUT2D eigenvalue weighted by Crippen LogP contribution is -2.20. The SMILES string of the molecule is CCCCCCC/C=C/CCCCCCCCN(C)CCCCCCCCC(C)CCCCCCCC. The Hall–Kier alpha value is -0.300. The molecule has 0 radical (unpaired) electrons. The second-order valence-electron chi connectivity index (χ2n) is 12.5. The fourth-order valence-corrected chi connectivity index (χ4v) is 5.56. The Kier molecular flexibility index (Phi) is 31.7. The number of allylic oxidation sites excluding steroid dienone is 2. The van der Waals surface area contributed by atoms with Gasteiger partial charge in [-0.05, 0) is 64.6 Å². The standard InChI is InChI=1S/C36H73N/c1-5-7-9-11-13-14-15-16-17-18-19-20-22-26-30-34-37(4)35-31-27-23-21-25-29-33-36(3)32-28-24-12-10-8-6-2/h15-16,36H,5-14,17-35H2,1-4H3/b16-15+. The zero-order valence-corrected chi connectivity index (χ0v) is 26.7. The maximum Gasteiger partial charge on any atom is -0.00218 e. The van der Waals surface area contributed by atoms with Gasteiger partial charge in [-0.15, -0.1) is 0 Å². The summed E-state index contributed by atoms with van der Waals surface area (Å²) in [5.74, 6) is 0.955. The lowest BCUT2D eigenvalue weighted by Gasteiger charge is -2.16. The second-order valence-corrected chi connectivity index (χ2v) is 12.5. The summed E-state index contributed by atoms with van der Waals surface area (Å²) in [6.07, 6.45) is 43.3. The van der Waals surface area contributed by atoms with Crippen LogP contribution < -0.4 is 0 Å². The molecule has 1 unspecified atom stereocenters. The van der Waals surface area contributed by atoms with Gasteiger partial charge in [0, 0.05) is 0 Å². The molecule has 0 N–H and O–H groups in total. The van der Waals surface area contributed by atoms with Crippen molar-refractivity contribution in [1.29, 1.82) is 0 Å². The molecule has 0 saturated carbocycles. The van der Waals surface area contributed by atoms with Crippen LogP contribution in [0.15, 0.2) is 12.2 Å². The van der Waals surface area contributed by atoms with Gasteiger partial charge in [-0.1, -0.05) is 168 Å².